The minimum atomic E-state index is -0.376. The molecular weight excluding hydrogens is 378 g/mol. The van der Waals surface area contributed by atoms with Gasteiger partial charge in [-0.1, -0.05) is 42.5 Å². The number of hydrogen-bond donors (Lipinski definition) is 1. The van der Waals surface area contributed by atoms with Gasteiger partial charge in [-0.2, -0.15) is 0 Å². The van der Waals surface area contributed by atoms with Crippen LogP contribution in [0, 0.1) is 0 Å². The monoisotopic (exact) mass is 403 g/mol. The van der Waals surface area contributed by atoms with Crippen molar-refractivity contribution < 1.29 is 19.1 Å². The molecule has 0 radical (unpaired) electrons. The molecule has 3 aromatic carbocycles. The Morgan fingerprint density at radius 2 is 1.50 bits per heavy atom. The minimum Gasteiger partial charge on any atom is -0.497 e. The van der Waals surface area contributed by atoms with Gasteiger partial charge < -0.3 is 14.8 Å². The smallest absolute Gasteiger partial charge is 0.338 e. The van der Waals surface area contributed by atoms with Crippen LogP contribution >= 0.6 is 0 Å². The second-order valence-electron chi connectivity index (χ2n) is 6.79. The first-order valence-corrected chi connectivity index (χ1v) is 9.86. The zero-order chi connectivity index (χ0) is 21.3. The molecule has 1 N–H and O–H groups in total. The van der Waals surface area contributed by atoms with E-state index < -0.39 is 0 Å². The highest BCUT2D eigenvalue weighted by Crippen LogP contribution is 2.29. The molecule has 0 saturated carbocycles. The van der Waals surface area contributed by atoms with Crippen molar-refractivity contribution >= 4 is 17.6 Å². The van der Waals surface area contributed by atoms with E-state index in [-0.39, 0.29) is 24.2 Å². The Labute approximate surface area is 176 Å². The van der Waals surface area contributed by atoms with Gasteiger partial charge in [0.25, 0.3) is 0 Å². The number of anilines is 1. The summed E-state index contributed by atoms with van der Waals surface area (Å²) in [6.45, 7) is 2.09. The summed E-state index contributed by atoms with van der Waals surface area (Å²) in [6.07, 6.45) is 0.288. The van der Waals surface area contributed by atoms with Gasteiger partial charge in [0, 0.05) is 18.0 Å². The van der Waals surface area contributed by atoms with E-state index >= 15 is 0 Å². The number of methoxy groups -OCH3 is 1. The van der Waals surface area contributed by atoms with Crippen molar-refractivity contribution in [3.05, 3.63) is 95.6 Å². The van der Waals surface area contributed by atoms with Gasteiger partial charge in [-0.15, -0.1) is 0 Å². The summed E-state index contributed by atoms with van der Waals surface area (Å²) in [5.41, 5.74) is 3.19. The van der Waals surface area contributed by atoms with E-state index in [1.54, 1.807) is 38.3 Å². The Balaban J connectivity index is 1.74. The molecule has 154 valence electrons. The van der Waals surface area contributed by atoms with E-state index in [9.17, 15) is 9.59 Å². The largest absolute Gasteiger partial charge is 0.497 e. The second kappa shape index (κ2) is 10.3. The molecule has 0 saturated heterocycles. The van der Waals surface area contributed by atoms with Gasteiger partial charge in [0.2, 0.25) is 5.91 Å². The zero-order valence-corrected chi connectivity index (χ0v) is 17.1. The molecule has 0 aliphatic rings. The molecule has 0 unspecified atom stereocenters. The summed E-state index contributed by atoms with van der Waals surface area (Å²) in [4.78, 5) is 24.6. The van der Waals surface area contributed by atoms with Gasteiger partial charge in [0.1, 0.15) is 5.75 Å². The Kier molecular flexibility index (Phi) is 7.22. The lowest BCUT2D eigenvalue weighted by atomic mass is 9.88. The summed E-state index contributed by atoms with van der Waals surface area (Å²) in [6, 6.07) is 24.4. The number of carbonyl (C=O) groups is 2. The number of esters is 1. The van der Waals surface area contributed by atoms with E-state index in [0.29, 0.717) is 17.9 Å². The molecular formula is C25H25NO4. The van der Waals surface area contributed by atoms with Crippen LogP contribution in [0.5, 0.6) is 5.75 Å². The van der Waals surface area contributed by atoms with Crippen molar-refractivity contribution in [1.29, 1.82) is 0 Å². The van der Waals surface area contributed by atoms with Crippen molar-refractivity contribution in [3.8, 4) is 5.75 Å². The number of carbonyl (C=O) groups excluding carboxylic acids is 2. The summed E-state index contributed by atoms with van der Waals surface area (Å²) in [5.74, 6) is 0.204. The number of benzene rings is 3. The molecule has 0 fully saturated rings. The normalized spacial score (nSPS) is 11.4. The Hall–Kier alpha value is -3.60. The van der Waals surface area contributed by atoms with Gasteiger partial charge in [0.15, 0.2) is 0 Å². The molecule has 3 rings (SSSR count). The number of rotatable bonds is 8. The summed E-state index contributed by atoms with van der Waals surface area (Å²) in [5, 5.41) is 2.92. The van der Waals surface area contributed by atoms with Gasteiger partial charge in [-0.05, 0) is 54.4 Å². The number of amides is 1. The van der Waals surface area contributed by atoms with Crippen LogP contribution in [0.4, 0.5) is 5.69 Å². The van der Waals surface area contributed by atoms with Crippen LogP contribution in [0.2, 0.25) is 0 Å². The molecule has 5 heteroatoms. The summed E-state index contributed by atoms with van der Waals surface area (Å²) >= 11 is 0. The third kappa shape index (κ3) is 5.47. The molecule has 1 amide bonds. The molecule has 0 aliphatic heterocycles. The topological polar surface area (TPSA) is 64.6 Å². The van der Waals surface area contributed by atoms with Gasteiger partial charge in [-0.3, -0.25) is 4.79 Å². The fourth-order valence-corrected chi connectivity index (χ4v) is 3.25. The Morgan fingerprint density at radius 3 is 2.10 bits per heavy atom. The molecule has 30 heavy (non-hydrogen) atoms. The Bertz CT molecular complexity index is 966. The SMILES string of the molecule is CCOC(=O)c1ccc(NC(=O)C[C@@H](c2ccccc2)c2ccc(OC)cc2)cc1. The third-order valence-electron chi connectivity index (χ3n) is 4.79. The van der Waals surface area contributed by atoms with Crippen molar-refractivity contribution in [2.45, 2.75) is 19.3 Å². The van der Waals surface area contributed by atoms with E-state index in [4.69, 9.17) is 9.47 Å². The van der Waals surface area contributed by atoms with Crippen LogP contribution in [0.1, 0.15) is 40.7 Å². The lowest BCUT2D eigenvalue weighted by Gasteiger charge is -2.18. The highest BCUT2D eigenvalue weighted by atomic mass is 16.5. The first kappa shape index (κ1) is 21.1. The molecule has 0 aromatic heterocycles. The first-order valence-electron chi connectivity index (χ1n) is 9.86. The lowest BCUT2D eigenvalue weighted by molar-refractivity contribution is -0.116. The molecule has 1 atom stereocenters. The predicted molar refractivity (Wildman–Crippen MR) is 117 cm³/mol. The quantitative estimate of drug-likeness (QED) is 0.536. The lowest BCUT2D eigenvalue weighted by Crippen LogP contribution is -2.16. The van der Waals surface area contributed by atoms with Crippen LogP contribution in [0.25, 0.3) is 0 Å². The highest BCUT2D eigenvalue weighted by Gasteiger charge is 2.18. The van der Waals surface area contributed by atoms with Crippen LogP contribution in [-0.4, -0.2) is 25.6 Å². The van der Waals surface area contributed by atoms with Gasteiger partial charge in [-0.25, -0.2) is 4.79 Å². The van der Waals surface area contributed by atoms with E-state index in [2.05, 4.69) is 5.32 Å². The zero-order valence-electron chi connectivity index (χ0n) is 17.1. The molecule has 0 bridgehead atoms. The van der Waals surface area contributed by atoms with E-state index in [0.717, 1.165) is 16.9 Å². The maximum atomic E-state index is 12.8. The minimum absolute atomic E-state index is 0.0871. The summed E-state index contributed by atoms with van der Waals surface area (Å²) < 4.78 is 10.2. The van der Waals surface area contributed by atoms with Crippen molar-refractivity contribution in [1.82, 2.24) is 0 Å². The molecule has 0 heterocycles. The standard InChI is InChI=1S/C25H25NO4/c1-3-30-25(28)20-9-13-21(14-10-20)26-24(27)17-23(18-7-5-4-6-8-18)19-11-15-22(29-2)16-12-19/h4-16,23H,3,17H2,1-2H3,(H,26,27)/t23-/m0/s1. The number of hydrogen-bond acceptors (Lipinski definition) is 4. The van der Waals surface area contributed by atoms with Gasteiger partial charge >= 0.3 is 5.97 Å². The average Bonchev–Trinajstić information content (AvgIpc) is 2.79. The second-order valence-corrected chi connectivity index (χ2v) is 6.79. The van der Waals surface area contributed by atoms with E-state index in [1.165, 1.54) is 0 Å². The van der Waals surface area contributed by atoms with Crippen LogP contribution in [0.3, 0.4) is 0 Å². The first-order chi connectivity index (χ1) is 14.6. The summed E-state index contributed by atoms with van der Waals surface area (Å²) in [7, 11) is 1.63. The average molecular weight is 403 g/mol. The maximum absolute atomic E-state index is 12.8. The van der Waals surface area contributed by atoms with Gasteiger partial charge in [0.05, 0.1) is 19.3 Å². The molecule has 5 nitrogen and oxygen atoms in total. The number of nitrogens with one attached hydrogen (secondary N) is 1. The predicted octanol–water partition coefficient (Wildman–Crippen LogP) is 5.03. The molecule has 3 aromatic rings. The van der Waals surface area contributed by atoms with Crippen LogP contribution in [-0.2, 0) is 9.53 Å². The maximum Gasteiger partial charge on any atom is 0.338 e. The van der Waals surface area contributed by atoms with E-state index in [1.807, 2.05) is 54.6 Å². The van der Waals surface area contributed by atoms with Crippen molar-refractivity contribution in [2.24, 2.45) is 0 Å². The Morgan fingerprint density at radius 1 is 0.867 bits per heavy atom. The fourth-order valence-electron chi connectivity index (χ4n) is 3.25. The number of ether oxygens (including phenoxy) is 2. The molecule has 0 spiro atoms. The van der Waals surface area contributed by atoms with Crippen molar-refractivity contribution in [2.75, 3.05) is 19.0 Å². The van der Waals surface area contributed by atoms with Crippen LogP contribution in [0.15, 0.2) is 78.9 Å². The van der Waals surface area contributed by atoms with Crippen LogP contribution < -0.4 is 10.1 Å². The van der Waals surface area contributed by atoms with Crippen molar-refractivity contribution in [3.63, 3.8) is 0 Å². The highest BCUT2D eigenvalue weighted by molar-refractivity contribution is 5.93. The molecule has 0 aliphatic carbocycles. The fraction of sp³-hybridized carbons (Fsp3) is 0.200. The third-order valence-corrected chi connectivity index (χ3v) is 4.79.